The van der Waals surface area contributed by atoms with Crippen molar-refractivity contribution < 1.29 is 5.11 Å². The van der Waals surface area contributed by atoms with Gasteiger partial charge in [0.25, 0.3) is 0 Å². The largest absolute Gasteiger partial charge is 0.394 e. The molecule has 0 atom stereocenters. The van der Waals surface area contributed by atoms with Gasteiger partial charge in [-0.3, -0.25) is 0 Å². The standard InChI is InChI=1S/C11H20N6O/c12-10-14-8(6-9(15-10)17-13)16-11(7-18)4-2-1-3-5-11/h6,18H,1-5,7,13H2,(H4,12,14,15,16,17). The normalized spacial score (nSPS) is 18.3. The molecule has 1 aliphatic carbocycles. The number of nitrogen functional groups attached to an aromatic ring is 2. The van der Waals surface area contributed by atoms with Crippen molar-refractivity contribution in [1.82, 2.24) is 9.97 Å². The van der Waals surface area contributed by atoms with Gasteiger partial charge in [-0.1, -0.05) is 19.3 Å². The first-order chi connectivity index (χ1) is 8.67. The van der Waals surface area contributed by atoms with E-state index in [9.17, 15) is 5.11 Å². The van der Waals surface area contributed by atoms with Gasteiger partial charge in [-0.2, -0.15) is 9.97 Å². The molecule has 0 saturated heterocycles. The van der Waals surface area contributed by atoms with Gasteiger partial charge in [-0.25, -0.2) is 5.84 Å². The second-order valence-corrected chi connectivity index (χ2v) is 4.77. The highest BCUT2D eigenvalue weighted by Crippen LogP contribution is 2.31. The summed E-state index contributed by atoms with van der Waals surface area (Å²) in [5.41, 5.74) is 7.75. The quantitative estimate of drug-likeness (QED) is 0.389. The molecule has 2 rings (SSSR count). The van der Waals surface area contributed by atoms with Crippen LogP contribution in [-0.4, -0.2) is 27.2 Å². The van der Waals surface area contributed by atoms with Crippen molar-refractivity contribution in [3.8, 4) is 0 Å². The van der Waals surface area contributed by atoms with Crippen LogP contribution in [0.25, 0.3) is 0 Å². The summed E-state index contributed by atoms with van der Waals surface area (Å²) in [4.78, 5) is 8.04. The maximum absolute atomic E-state index is 9.62. The number of nitrogens with one attached hydrogen (secondary N) is 2. The highest BCUT2D eigenvalue weighted by atomic mass is 16.3. The van der Waals surface area contributed by atoms with Crippen LogP contribution in [0.15, 0.2) is 6.07 Å². The fraction of sp³-hybridized carbons (Fsp3) is 0.636. The number of nitrogens with zero attached hydrogens (tertiary/aromatic N) is 2. The van der Waals surface area contributed by atoms with E-state index in [1.54, 1.807) is 6.07 Å². The van der Waals surface area contributed by atoms with Crippen molar-refractivity contribution in [1.29, 1.82) is 0 Å². The van der Waals surface area contributed by atoms with Crippen LogP contribution in [0.2, 0.25) is 0 Å². The van der Waals surface area contributed by atoms with Crippen molar-refractivity contribution in [2.75, 3.05) is 23.1 Å². The lowest BCUT2D eigenvalue weighted by molar-refractivity contribution is 0.172. The van der Waals surface area contributed by atoms with Gasteiger partial charge in [0.15, 0.2) is 0 Å². The van der Waals surface area contributed by atoms with Crippen LogP contribution in [-0.2, 0) is 0 Å². The topological polar surface area (TPSA) is 122 Å². The molecule has 18 heavy (non-hydrogen) atoms. The van der Waals surface area contributed by atoms with E-state index >= 15 is 0 Å². The lowest BCUT2D eigenvalue weighted by atomic mass is 9.82. The minimum atomic E-state index is -0.301. The third kappa shape index (κ3) is 2.80. The Bertz CT molecular complexity index is 405. The van der Waals surface area contributed by atoms with Crippen molar-refractivity contribution >= 4 is 17.6 Å². The molecule has 1 saturated carbocycles. The zero-order chi connectivity index (χ0) is 13.0. The van der Waals surface area contributed by atoms with Crippen molar-refractivity contribution in [2.45, 2.75) is 37.6 Å². The minimum Gasteiger partial charge on any atom is -0.394 e. The maximum atomic E-state index is 9.62. The van der Waals surface area contributed by atoms with Crippen LogP contribution in [0.1, 0.15) is 32.1 Å². The van der Waals surface area contributed by atoms with Crippen LogP contribution in [0.3, 0.4) is 0 Å². The average molecular weight is 252 g/mol. The van der Waals surface area contributed by atoms with E-state index < -0.39 is 0 Å². The first kappa shape index (κ1) is 12.8. The molecular formula is C11H20N6O. The molecule has 7 nitrogen and oxygen atoms in total. The molecule has 0 aliphatic heterocycles. The number of aliphatic hydroxyl groups excluding tert-OH is 1. The Kier molecular flexibility index (Phi) is 3.83. The van der Waals surface area contributed by atoms with Gasteiger partial charge in [-0.05, 0) is 12.8 Å². The lowest BCUT2D eigenvalue weighted by Gasteiger charge is -2.37. The zero-order valence-electron chi connectivity index (χ0n) is 10.3. The van der Waals surface area contributed by atoms with E-state index in [4.69, 9.17) is 11.6 Å². The van der Waals surface area contributed by atoms with E-state index in [2.05, 4.69) is 20.7 Å². The van der Waals surface area contributed by atoms with Crippen molar-refractivity contribution in [3.05, 3.63) is 6.07 Å². The highest BCUT2D eigenvalue weighted by Gasteiger charge is 2.31. The maximum Gasteiger partial charge on any atom is 0.223 e. The third-order valence-corrected chi connectivity index (χ3v) is 3.40. The van der Waals surface area contributed by atoms with Gasteiger partial charge in [0, 0.05) is 6.07 Å². The van der Waals surface area contributed by atoms with E-state index in [0.717, 1.165) is 25.7 Å². The summed E-state index contributed by atoms with van der Waals surface area (Å²) in [6.07, 6.45) is 5.29. The van der Waals surface area contributed by atoms with Gasteiger partial charge in [-0.15, -0.1) is 0 Å². The number of hydrogen-bond acceptors (Lipinski definition) is 7. The second kappa shape index (κ2) is 5.36. The molecule has 7 heteroatoms. The number of aliphatic hydroxyl groups is 1. The molecule has 100 valence electrons. The van der Waals surface area contributed by atoms with Crippen LogP contribution in [0, 0.1) is 0 Å². The van der Waals surface area contributed by atoms with Crippen LogP contribution in [0.5, 0.6) is 0 Å². The van der Waals surface area contributed by atoms with Crippen molar-refractivity contribution in [3.63, 3.8) is 0 Å². The Labute approximate surface area is 106 Å². The fourth-order valence-electron chi connectivity index (χ4n) is 2.43. The molecule has 1 fully saturated rings. The van der Waals surface area contributed by atoms with Gasteiger partial charge in [0.2, 0.25) is 5.95 Å². The Morgan fingerprint density at radius 3 is 2.50 bits per heavy atom. The highest BCUT2D eigenvalue weighted by molar-refractivity contribution is 5.51. The molecule has 0 radical (unpaired) electrons. The molecule has 1 aromatic rings. The number of hydrazine groups is 1. The van der Waals surface area contributed by atoms with E-state index in [0.29, 0.717) is 11.6 Å². The number of aromatic nitrogens is 2. The zero-order valence-corrected chi connectivity index (χ0v) is 10.3. The Hall–Kier alpha value is -1.60. The summed E-state index contributed by atoms with van der Waals surface area (Å²) in [5.74, 6) is 6.51. The predicted octanol–water partition coefficient (Wildman–Crippen LogP) is 0.451. The first-order valence-electron chi connectivity index (χ1n) is 6.18. The Morgan fingerprint density at radius 1 is 1.22 bits per heavy atom. The van der Waals surface area contributed by atoms with E-state index in [1.165, 1.54) is 6.42 Å². The summed E-state index contributed by atoms with van der Waals surface area (Å²) >= 11 is 0. The minimum absolute atomic E-state index is 0.0856. The van der Waals surface area contributed by atoms with Crippen LogP contribution < -0.4 is 22.3 Å². The first-order valence-corrected chi connectivity index (χ1v) is 6.18. The smallest absolute Gasteiger partial charge is 0.223 e. The molecule has 0 spiro atoms. The number of nitrogens with two attached hydrogens (primary N) is 2. The summed E-state index contributed by atoms with van der Waals surface area (Å²) in [6.45, 7) is 0.0856. The average Bonchev–Trinajstić information content (AvgIpc) is 2.39. The summed E-state index contributed by atoms with van der Waals surface area (Å²) < 4.78 is 0. The molecule has 1 aromatic heterocycles. The summed E-state index contributed by atoms with van der Waals surface area (Å²) in [6, 6.07) is 1.68. The van der Waals surface area contributed by atoms with E-state index in [-0.39, 0.29) is 18.1 Å². The molecule has 7 N–H and O–H groups in total. The van der Waals surface area contributed by atoms with E-state index in [1.807, 2.05) is 0 Å². The number of hydrogen-bond donors (Lipinski definition) is 5. The second-order valence-electron chi connectivity index (χ2n) is 4.77. The SMILES string of the molecule is NNc1cc(NC2(CO)CCCCC2)nc(N)n1. The fourth-order valence-corrected chi connectivity index (χ4v) is 2.43. The lowest BCUT2D eigenvalue weighted by Crippen LogP contribution is -2.44. The third-order valence-electron chi connectivity index (χ3n) is 3.40. The van der Waals surface area contributed by atoms with Crippen molar-refractivity contribution in [2.24, 2.45) is 5.84 Å². The molecule has 1 heterocycles. The van der Waals surface area contributed by atoms with Gasteiger partial charge >= 0.3 is 0 Å². The number of rotatable bonds is 4. The molecule has 0 unspecified atom stereocenters. The predicted molar refractivity (Wildman–Crippen MR) is 70.8 cm³/mol. The summed E-state index contributed by atoms with van der Waals surface area (Å²) in [7, 11) is 0. The molecular weight excluding hydrogens is 232 g/mol. The van der Waals surface area contributed by atoms with Gasteiger partial charge in [0.1, 0.15) is 11.6 Å². The monoisotopic (exact) mass is 252 g/mol. The van der Waals surface area contributed by atoms with Gasteiger partial charge < -0.3 is 21.6 Å². The number of anilines is 3. The molecule has 1 aliphatic rings. The summed E-state index contributed by atoms with van der Waals surface area (Å²) in [5, 5.41) is 12.9. The molecule has 0 aromatic carbocycles. The van der Waals surface area contributed by atoms with Crippen LogP contribution in [0.4, 0.5) is 17.6 Å². The Balaban J connectivity index is 2.18. The molecule has 0 amide bonds. The van der Waals surface area contributed by atoms with Crippen LogP contribution >= 0.6 is 0 Å². The molecule has 0 bridgehead atoms. The van der Waals surface area contributed by atoms with Gasteiger partial charge in [0.05, 0.1) is 12.1 Å². The Morgan fingerprint density at radius 2 is 1.89 bits per heavy atom.